The van der Waals surface area contributed by atoms with Gasteiger partial charge in [0.1, 0.15) is 24.3 Å². The molecule has 13 heteroatoms. The van der Waals surface area contributed by atoms with Crippen LogP contribution in [-0.4, -0.2) is 73.7 Å². The van der Waals surface area contributed by atoms with Gasteiger partial charge in [-0.05, 0) is 77.7 Å². The van der Waals surface area contributed by atoms with Gasteiger partial charge in [-0.25, -0.2) is 5.01 Å². The van der Waals surface area contributed by atoms with Crippen LogP contribution in [-0.2, 0) is 23.5 Å². The van der Waals surface area contributed by atoms with Crippen molar-refractivity contribution in [2.45, 2.75) is 117 Å². The average molecular weight is 545 g/mol. The van der Waals surface area contributed by atoms with Crippen molar-refractivity contribution >= 4 is 26.3 Å². The minimum atomic E-state index is -2.23. The van der Waals surface area contributed by atoms with E-state index >= 15 is 0 Å². The quantitative estimate of drug-likeness (QED) is 0.0874. The minimum absolute atomic E-state index is 0.0547. The number of hydrogen-bond donors (Lipinski definition) is 1. The molecule has 0 aromatic heterocycles. The van der Waals surface area contributed by atoms with E-state index in [0.29, 0.717) is 12.8 Å². The summed E-state index contributed by atoms with van der Waals surface area (Å²) in [5.74, 6) is -0.765. The molecule has 1 N–H and O–H groups in total. The molecule has 0 aliphatic heterocycles. The van der Waals surface area contributed by atoms with Gasteiger partial charge in [-0.15, -0.1) is 10.5 Å². The summed E-state index contributed by atoms with van der Waals surface area (Å²) in [4.78, 5) is 40.0. The monoisotopic (exact) mass is 544 g/mol. The maximum Gasteiger partial charge on any atom is 0.510 e. The van der Waals surface area contributed by atoms with Crippen molar-refractivity contribution in [1.29, 1.82) is 0 Å². The van der Waals surface area contributed by atoms with E-state index in [1.807, 2.05) is 0 Å². The second-order valence-corrected chi connectivity index (χ2v) is 17.4. The summed E-state index contributed by atoms with van der Waals surface area (Å²) >= 11 is 0. The molecule has 2 amide bonds. The summed E-state index contributed by atoms with van der Waals surface area (Å²) in [6.45, 7) is 21.0. The zero-order chi connectivity index (χ0) is 29.2. The van der Waals surface area contributed by atoms with Crippen LogP contribution in [0.3, 0.4) is 0 Å². The third-order valence-electron chi connectivity index (χ3n) is 5.43. The highest BCUT2D eigenvalue weighted by Crippen LogP contribution is 2.38. The molecule has 0 aliphatic rings. The lowest BCUT2D eigenvalue weighted by Crippen LogP contribution is -2.47. The molecule has 0 heterocycles. The van der Waals surface area contributed by atoms with E-state index in [9.17, 15) is 14.4 Å². The van der Waals surface area contributed by atoms with E-state index < -0.39 is 37.7 Å². The number of carbonyl (C=O) groups is 3. The summed E-state index contributed by atoms with van der Waals surface area (Å²) < 4.78 is 17.1. The fourth-order valence-corrected chi connectivity index (χ4v) is 4.26. The Morgan fingerprint density at radius 2 is 1.54 bits per heavy atom. The summed E-state index contributed by atoms with van der Waals surface area (Å²) in [5, 5.41) is 5.68. The first-order chi connectivity index (χ1) is 16.6. The molecule has 0 radical (unpaired) electrons. The highest BCUT2D eigenvalue weighted by Gasteiger charge is 2.39. The standard InChI is InChI=1S/C24H48N6O6Si/c1-22(2,3)34-20(32)17-29(10)26-19(31)16-18(36-37(11,12)24(7,8)9)14-13-15-30(28-27-25)21(33)35-23(4,5)6/h18H,13-17H2,1-12H3,(H,26,31)/t18-/m1/s1. The Morgan fingerprint density at radius 3 is 2.00 bits per heavy atom. The molecule has 0 bridgehead atoms. The SMILES string of the molecule is CN(CC(=O)OC(C)(C)C)NC(=O)C[C@@H](CCCN(N=[N+]=[N-])C(=O)OC(C)(C)C)O[Si](C)(C)C(C)(C)C. The Labute approximate surface area is 223 Å². The van der Waals surface area contributed by atoms with Gasteiger partial charge in [0.2, 0.25) is 5.91 Å². The lowest BCUT2D eigenvalue weighted by atomic mass is 10.1. The molecule has 12 nitrogen and oxygen atoms in total. The molecule has 214 valence electrons. The Hall–Kier alpha value is -2.34. The van der Waals surface area contributed by atoms with Gasteiger partial charge in [-0.1, -0.05) is 20.8 Å². The molecule has 0 saturated carbocycles. The number of nitrogens with zero attached hydrogens (tertiary/aromatic N) is 5. The topological polar surface area (TPSA) is 146 Å². The Morgan fingerprint density at radius 1 is 1.00 bits per heavy atom. The third kappa shape index (κ3) is 15.5. The van der Waals surface area contributed by atoms with Crippen LogP contribution in [0.1, 0.15) is 81.6 Å². The number of azide groups is 1. The predicted octanol–water partition coefficient (Wildman–Crippen LogP) is 5.31. The van der Waals surface area contributed by atoms with Crippen LogP contribution in [0, 0.1) is 0 Å². The normalized spacial score (nSPS) is 13.4. The van der Waals surface area contributed by atoms with Gasteiger partial charge in [0.15, 0.2) is 8.32 Å². The van der Waals surface area contributed by atoms with E-state index in [0.717, 1.165) is 5.01 Å². The molecular weight excluding hydrogens is 496 g/mol. The van der Waals surface area contributed by atoms with Gasteiger partial charge in [-0.3, -0.25) is 15.0 Å². The second-order valence-electron chi connectivity index (χ2n) is 12.6. The molecule has 0 aromatic carbocycles. The molecule has 0 rings (SSSR count). The van der Waals surface area contributed by atoms with Crippen molar-refractivity contribution in [3.8, 4) is 0 Å². The summed E-state index contributed by atoms with van der Waals surface area (Å²) in [7, 11) is -0.641. The zero-order valence-corrected chi connectivity index (χ0v) is 25.8. The van der Waals surface area contributed by atoms with Gasteiger partial charge in [0, 0.05) is 7.05 Å². The number of nitrogens with one attached hydrogen (secondary N) is 1. The van der Waals surface area contributed by atoms with Gasteiger partial charge >= 0.3 is 12.1 Å². The van der Waals surface area contributed by atoms with Crippen molar-refractivity contribution < 1.29 is 28.3 Å². The van der Waals surface area contributed by atoms with Crippen LogP contribution in [0.25, 0.3) is 10.4 Å². The molecule has 0 spiro atoms. The highest BCUT2D eigenvalue weighted by molar-refractivity contribution is 6.74. The molecule has 0 fully saturated rings. The highest BCUT2D eigenvalue weighted by atomic mass is 28.4. The summed E-state index contributed by atoms with van der Waals surface area (Å²) in [6, 6.07) is 0. The first-order valence-electron chi connectivity index (χ1n) is 12.5. The number of likely N-dealkylation sites (N-methyl/N-ethyl adjacent to an activating group) is 1. The Kier molecular flexibility index (Phi) is 13.1. The number of hydrazine groups is 1. The van der Waals surface area contributed by atoms with Gasteiger partial charge in [0.05, 0.1) is 12.5 Å². The average Bonchev–Trinajstić information content (AvgIpc) is 2.62. The van der Waals surface area contributed by atoms with Gasteiger partial charge in [-0.2, -0.15) is 9.71 Å². The fourth-order valence-electron chi connectivity index (χ4n) is 2.87. The maximum absolute atomic E-state index is 12.8. The van der Waals surface area contributed by atoms with Gasteiger partial charge in [0.25, 0.3) is 0 Å². The van der Waals surface area contributed by atoms with Crippen molar-refractivity contribution in [3.05, 3.63) is 10.4 Å². The van der Waals surface area contributed by atoms with Crippen molar-refractivity contribution in [2.24, 2.45) is 5.22 Å². The first-order valence-corrected chi connectivity index (χ1v) is 15.4. The van der Waals surface area contributed by atoms with Crippen LogP contribution in [0.4, 0.5) is 4.79 Å². The number of hydrogen-bond acceptors (Lipinski definition) is 8. The summed E-state index contributed by atoms with van der Waals surface area (Å²) in [6.07, 6.45) is -0.274. The van der Waals surface area contributed by atoms with Crippen LogP contribution in [0.5, 0.6) is 0 Å². The van der Waals surface area contributed by atoms with Gasteiger partial charge < -0.3 is 13.9 Å². The smallest absolute Gasteiger partial charge is 0.459 e. The molecular formula is C24H48N6O6Si. The Bertz CT molecular complexity index is 825. The van der Waals surface area contributed by atoms with Crippen molar-refractivity contribution in [1.82, 2.24) is 15.4 Å². The van der Waals surface area contributed by atoms with Crippen LogP contribution >= 0.6 is 0 Å². The van der Waals surface area contributed by atoms with Crippen LogP contribution in [0.15, 0.2) is 5.22 Å². The number of carbonyl (C=O) groups excluding carboxylic acids is 3. The van der Waals surface area contributed by atoms with E-state index in [2.05, 4.69) is 49.4 Å². The van der Waals surface area contributed by atoms with E-state index in [4.69, 9.17) is 19.4 Å². The molecule has 0 unspecified atom stereocenters. The number of esters is 1. The zero-order valence-electron chi connectivity index (χ0n) is 24.8. The third-order valence-corrected chi connectivity index (χ3v) is 9.97. The van der Waals surface area contributed by atoms with Crippen LogP contribution in [0.2, 0.25) is 18.1 Å². The lowest BCUT2D eigenvalue weighted by Gasteiger charge is -2.39. The second kappa shape index (κ2) is 14.0. The van der Waals surface area contributed by atoms with Crippen molar-refractivity contribution in [2.75, 3.05) is 20.1 Å². The number of rotatable bonds is 12. The maximum atomic E-state index is 12.8. The summed E-state index contributed by atoms with van der Waals surface area (Å²) in [5.41, 5.74) is 10.2. The molecule has 0 saturated heterocycles. The Balaban J connectivity index is 5.32. The predicted molar refractivity (Wildman–Crippen MR) is 145 cm³/mol. The fraction of sp³-hybridized carbons (Fsp3) is 0.875. The number of ether oxygens (including phenoxy) is 2. The lowest BCUT2D eigenvalue weighted by molar-refractivity contribution is -0.156. The van der Waals surface area contributed by atoms with Crippen LogP contribution < -0.4 is 5.43 Å². The largest absolute Gasteiger partial charge is 0.510 e. The minimum Gasteiger partial charge on any atom is -0.459 e. The van der Waals surface area contributed by atoms with E-state index in [1.165, 1.54) is 5.01 Å². The molecule has 0 aromatic rings. The molecule has 37 heavy (non-hydrogen) atoms. The van der Waals surface area contributed by atoms with E-state index in [1.54, 1.807) is 48.6 Å². The van der Waals surface area contributed by atoms with Crippen molar-refractivity contribution in [3.63, 3.8) is 0 Å². The first kappa shape index (κ1) is 34.7. The molecule has 1 atom stereocenters. The van der Waals surface area contributed by atoms with E-state index in [-0.39, 0.29) is 30.5 Å². The number of amides is 2. The molecule has 0 aliphatic carbocycles.